The van der Waals surface area contributed by atoms with Crippen molar-refractivity contribution in [2.75, 3.05) is 6.61 Å². The Bertz CT molecular complexity index is 1420. The second-order valence-corrected chi connectivity index (χ2v) is 13.6. The van der Waals surface area contributed by atoms with E-state index in [-0.39, 0.29) is 30.6 Å². The zero-order valence-corrected chi connectivity index (χ0v) is 26.6. The molecular weight excluding hydrogens is 588 g/mol. The Kier molecular flexibility index (Phi) is 8.21. The molecule has 12 heteroatoms. The van der Waals surface area contributed by atoms with Crippen LogP contribution in [-0.2, 0) is 38.1 Å². The molecule has 1 aromatic carbocycles. The molecular formula is C33H42O12. The molecule has 0 radical (unpaired) electrons. The third-order valence-corrected chi connectivity index (χ3v) is 10.7. The van der Waals surface area contributed by atoms with Crippen molar-refractivity contribution < 1.29 is 58.2 Å². The van der Waals surface area contributed by atoms with Crippen LogP contribution in [0.15, 0.2) is 41.5 Å². The SMILES string of the molecule is CC(=O)O[C@H]1C[C@@]2(O)[C@@H](OC(=O)c3ccccc3)[C@@H]3[C@]4(OC(C)=O)CO[C@H]4C[C@H](O)[C@]3(C)[C@@H](O)[C@H](OC(C)=O)C(=C1C)C2(C)C. The first kappa shape index (κ1) is 33.1. The highest BCUT2D eigenvalue weighted by molar-refractivity contribution is 5.89. The van der Waals surface area contributed by atoms with E-state index in [4.69, 9.17) is 23.7 Å². The molecule has 0 unspecified atom stereocenters. The average molecular weight is 631 g/mol. The standard InChI is InChI=1S/C33H42O12/c1-16-21(42-17(2)34)14-33(40)28(44-29(39)20-11-9-8-10-12-20)26-31(7,22(37)13-23-32(26,15-41-23)45-19(4)36)27(38)25(43-18(3)35)24(16)30(33,5)6/h8-12,21-23,25-28,37-38,40H,13-15H2,1-7H3/t21-,22-,23-,25+,26-,27-,28-,31-,32-,33+/m0/s1. The Balaban J connectivity index is 1.86. The highest BCUT2D eigenvalue weighted by atomic mass is 16.6. The van der Waals surface area contributed by atoms with Gasteiger partial charge in [0.1, 0.15) is 30.0 Å². The summed E-state index contributed by atoms with van der Waals surface area (Å²) in [6, 6.07) is 8.09. The van der Waals surface area contributed by atoms with Gasteiger partial charge in [0, 0.05) is 44.4 Å². The van der Waals surface area contributed by atoms with Crippen LogP contribution in [0.25, 0.3) is 0 Å². The van der Waals surface area contributed by atoms with E-state index in [0.29, 0.717) is 5.57 Å². The zero-order chi connectivity index (χ0) is 33.3. The maximum Gasteiger partial charge on any atom is 0.338 e. The molecule has 1 aliphatic heterocycles. The summed E-state index contributed by atoms with van der Waals surface area (Å²) in [5.41, 5.74) is -5.96. The second kappa shape index (κ2) is 11.2. The topological polar surface area (TPSA) is 175 Å². The highest BCUT2D eigenvalue weighted by Gasteiger charge is 2.78. The van der Waals surface area contributed by atoms with Crippen molar-refractivity contribution in [3.05, 3.63) is 47.0 Å². The molecule has 45 heavy (non-hydrogen) atoms. The summed E-state index contributed by atoms with van der Waals surface area (Å²) >= 11 is 0. The number of benzene rings is 1. The minimum absolute atomic E-state index is 0.0700. The lowest BCUT2D eigenvalue weighted by Crippen LogP contribution is -2.82. The van der Waals surface area contributed by atoms with Gasteiger partial charge < -0.3 is 39.0 Å². The van der Waals surface area contributed by atoms with Crippen molar-refractivity contribution in [2.45, 2.75) is 109 Å². The fourth-order valence-corrected chi connectivity index (χ4v) is 8.46. The number of ether oxygens (including phenoxy) is 5. The van der Waals surface area contributed by atoms with E-state index < -0.39 is 88.5 Å². The molecule has 0 spiro atoms. The van der Waals surface area contributed by atoms with Crippen LogP contribution in [0.5, 0.6) is 0 Å². The van der Waals surface area contributed by atoms with E-state index in [1.54, 1.807) is 45.9 Å². The van der Waals surface area contributed by atoms with E-state index >= 15 is 0 Å². The first-order valence-electron chi connectivity index (χ1n) is 15.1. The van der Waals surface area contributed by atoms with Crippen LogP contribution >= 0.6 is 0 Å². The Morgan fingerprint density at radius 2 is 1.53 bits per heavy atom. The number of aliphatic hydroxyl groups excluding tert-OH is 2. The number of hydrogen-bond donors (Lipinski definition) is 3. The van der Waals surface area contributed by atoms with Gasteiger partial charge in [0.05, 0.1) is 24.2 Å². The first-order chi connectivity index (χ1) is 20.9. The molecule has 3 fully saturated rings. The number of carbonyl (C=O) groups excluding carboxylic acids is 4. The van der Waals surface area contributed by atoms with E-state index in [2.05, 4.69) is 0 Å². The van der Waals surface area contributed by atoms with Gasteiger partial charge in [-0.1, -0.05) is 39.0 Å². The van der Waals surface area contributed by atoms with Gasteiger partial charge in [-0.15, -0.1) is 0 Å². The van der Waals surface area contributed by atoms with E-state index in [1.807, 2.05) is 0 Å². The quantitative estimate of drug-likeness (QED) is 0.246. The second-order valence-electron chi connectivity index (χ2n) is 13.6. The van der Waals surface area contributed by atoms with Gasteiger partial charge in [-0.05, 0) is 30.2 Å². The summed E-state index contributed by atoms with van der Waals surface area (Å²) in [7, 11) is 0. The Morgan fingerprint density at radius 1 is 0.911 bits per heavy atom. The minimum Gasteiger partial charge on any atom is -0.458 e. The molecule has 1 heterocycles. The molecule has 3 N–H and O–H groups in total. The molecule has 2 bridgehead atoms. The zero-order valence-electron chi connectivity index (χ0n) is 26.6. The van der Waals surface area contributed by atoms with Crippen LogP contribution in [0.3, 0.4) is 0 Å². The van der Waals surface area contributed by atoms with Gasteiger partial charge in [-0.25, -0.2) is 4.79 Å². The maximum absolute atomic E-state index is 13.9. The summed E-state index contributed by atoms with van der Waals surface area (Å²) < 4.78 is 29.6. The van der Waals surface area contributed by atoms with Crippen molar-refractivity contribution in [2.24, 2.45) is 16.7 Å². The van der Waals surface area contributed by atoms with Gasteiger partial charge in [0.25, 0.3) is 0 Å². The summed E-state index contributed by atoms with van der Waals surface area (Å²) in [4.78, 5) is 51.5. The normalized spacial score (nSPS) is 39.9. The van der Waals surface area contributed by atoms with Crippen molar-refractivity contribution >= 4 is 23.9 Å². The third kappa shape index (κ3) is 4.88. The number of rotatable bonds is 5. The van der Waals surface area contributed by atoms with E-state index in [1.165, 1.54) is 32.9 Å². The van der Waals surface area contributed by atoms with Crippen LogP contribution in [0, 0.1) is 16.7 Å². The number of carbonyl (C=O) groups is 4. The molecule has 246 valence electrons. The van der Waals surface area contributed by atoms with Crippen molar-refractivity contribution in [3.63, 3.8) is 0 Å². The molecule has 0 amide bonds. The Labute approximate surface area is 261 Å². The minimum atomic E-state index is -2.11. The summed E-state index contributed by atoms with van der Waals surface area (Å²) in [5.74, 6) is -4.20. The number of esters is 4. The van der Waals surface area contributed by atoms with Crippen LogP contribution in [0.2, 0.25) is 0 Å². The van der Waals surface area contributed by atoms with Crippen LogP contribution in [0.1, 0.15) is 71.7 Å². The van der Waals surface area contributed by atoms with Crippen LogP contribution < -0.4 is 0 Å². The van der Waals surface area contributed by atoms with Gasteiger partial charge in [-0.3, -0.25) is 14.4 Å². The first-order valence-corrected chi connectivity index (χ1v) is 15.1. The largest absolute Gasteiger partial charge is 0.458 e. The number of hydrogen-bond acceptors (Lipinski definition) is 12. The molecule has 12 nitrogen and oxygen atoms in total. The third-order valence-electron chi connectivity index (χ3n) is 10.7. The van der Waals surface area contributed by atoms with Crippen molar-refractivity contribution in [1.82, 2.24) is 0 Å². The fourth-order valence-electron chi connectivity index (χ4n) is 8.46. The van der Waals surface area contributed by atoms with Crippen LogP contribution in [0.4, 0.5) is 0 Å². The van der Waals surface area contributed by atoms with Crippen molar-refractivity contribution in [3.8, 4) is 0 Å². The van der Waals surface area contributed by atoms with E-state index in [0.717, 1.165) is 0 Å². The molecule has 10 atom stereocenters. The number of fused-ring (bicyclic) bond motifs is 5. The molecule has 1 aromatic rings. The van der Waals surface area contributed by atoms with Crippen LogP contribution in [-0.4, -0.2) is 93.6 Å². The predicted octanol–water partition coefficient (Wildman–Crippen LogP) is 2.02. The summed E-state index contributed by atoms with van der Waals surface area (Å²) in [6.45, 7) is 9.94. The highest BCUT2D eigenvalue weighted by Crippen LogP contribution is 2.65. The van der Waals surface area contributed by atoms with E-state index in [9.17, 15) is 34.5 Å². The lowest BCUT2D eigenvalue weighted by molar-refractivity contribution is -0.365. The number of aliphatic hydroxyl groups is 3. The monoisotopic (exact) mass is 630 g/mol. The molecule has 4 aliphatic rings. The Hall–Kier alpha value is -3.32. The van der Waals surface area contributed by atoms with Gasteiger partial charge in [0.15, 0.2) is 11.7 Å². The maximum atomic E-state index is 13.9. The summed E-state index contributed by atoms with van der Waals surface area (Å²) in [5, 5.41) is 37.4. The van der Waals surface area contributed by atoms with Gasteiger partial charge in [0.2, 0.25) is 0 Å². The van der Waals surface area contributed by atoms with Gasteiger partial charge >= 0.3 is 23.9 Å². The molecule has 5 rings (SSSR count). The molecule has 2 saturated carbocycles. The van der Waals surface area contributed by atoms with Crippen molar-refractivity contribution in [1.29, 1.82) is 0 Å². The average Bonchev–Trinajstić information content (AvgIpc) is 2.94. The summed E-state index contributed by atoms with van der Waals surface area (Å²) in [6.07, 6.45) is -8.36. The fraction of sp³-hybridized carbons (Fsp3) is 0.636. The lowest BCUT2D eigenvalue weighted by Gasteiger charge is -2.69. The molecule has 3 aliphatic carbocycles. The predicted molar refractivity (Wildman–Crippen MR) is 155 cm³/mol. The smallest absolute Gasteiger partial charge is 0.338 e. The molecule has 1 saturated heterocycles. The van der Waals surface area contributed by atoms with Gasteiger partial charge in [-0.2, -0.15) is 0 Å². The Morgan fingerprint density at radius 3 is 2.07 bits per heavy atom. The lowest BCUT2D eigenvalue weighted by atomic mass is 9.44. The molecule has 0 aromatic heterocycles.